The van der Waals surface area contributed by atoms with Crippen molar-refractivity contribution in [3.05, 3.63) is 35.0 Å². The van der Waals surface area contributed by atoms with Crippen molar-refractivity contribution in [2.45, 2.75) is 44.8 Å². The third-order valence-corrected chi connectivity index (χ3v) is 4.88. The van der Waals surface area contributed by atoms with Gasteiger partial charge in [-0.15, -0.1) is 0 Å². The van der Waals surface area contributed by atoms with Crippen molar-refractivity contribution in [3.63, 3.8) is 0 Å². The standard InChI is InChI=1S/C18H23NO4/c1-4-11-7-6-8-12-15-13(20)10-23-18(5-2,9-14(21)22-3)17(15)19-16(11)12/h6-8,13,19-20H,4-5,9-10H2,1-3H3. The number of esters is 1. The van der Waals surface area contributed by atoms with E-state index in [9.17, 15) is 9.90 Å². The Kier molecular flexibility index (Phi) is 4.17. The highest BCUT2D eigenvalue weighted by molar-refractivity contribution is 5.88. The van der Waals surface area contributed by atoms with Gasteiger partial charge in [-0.25, -0.2) is 0 Å². The highest BCUT2D eigenvalue weighted by atomic mass is 16.5. The molecule has 0 saturated heterocycles. The number of carbonyl (C=O) groups is 1. The summed E-state index contributed by atoms with van der Waals surface area (Å²) in [4.78, 5) is 15.3. The number of hydrogen-bond donors (Lipinski definition) is 2. The van der Waals surface area contributed by atoms with E-state index in [-0.39, 0.29) is 19.0 Å². The molecule has 0 amide bonds. The Balaban J connectivity index is 2.23. The van der Waals surface area contributed by atoms with Gasteiger partial charge >= 0.3 is 5.97 Å². The fraction of sp³-hybridized carbons (Fsp3) is 0.500. The Morgan fingerprint density at radius 3 is 2.91 bits per heavy atom. The Labute approximate surface area is 135 Å². The lowest BCUT2D eigenvalue weighted by Crippen LogP contribution is -2.39. The second-order valence-corrected chi connectivity index (χ2v) is 6.03. The van der Waals surface area contributed by atoms with Gasteiger partial charge < -0.3 is 19.6 Å². The maximum atomic E-state index is 11.9. The molecule has 0 saturated carbocycles. The third-order valence-electron chi connectivity index (χ3n) is 4.88. The van der Waals surface area contributed by atoms with Crippen molar-refractivity contribution in [3.8, 4) is 0 Å². The van der Waals surface area contributed by atoms with Crippen LogP contribution in [0, 0.1) is 0 Å². The molecule has 3 rings (SSSR count). The molecule has 0 fully saturated rings. The molecule has 1 aromatic carbocycles. The Hall–Kier alpha value is -1.85. The Bertz CT molecular complexity index is 736. The molecule has 0 bridgehead atoms. The SMILES string of the molecule is CCc1cccc2c3c([nH]c12)C(CC)(CC(=O)OC)OCC3O. The predicted octanol–water partition coefficient (Wildman–Crippen LogP) is 2.96. The van der Waals surface area contributed by atoms with Gasteiger partial charge in [0.2, 0.25) is 0 Å². The first-order valence-corrected chi connectivity index (χ1v) is 8.09. The highest BCUT2D eigenvalue weighted by Crippen LogP contribution is 2.45. The molecule has 0 aliphatic carbocycles. The van der Waals surface area contributed by atoms with Gasteiger partial charge in [0.05, 0.1) is 25.8 Å². The van der Waals surface area contributed by atoms with Crippen LogP contribution in [-0.4, -0.2) is 29.8 Å². The number of nitrogens with one attached hydrogen (secondary N) is 1. The van der Waals surface area contributed by atoms with E-state index in [1.54, 1.807) is 0 Å². The molecule has 124 valence electrons. The monoisotopic (exact) mass is 317 g/mol. The van der Waals surface area contributed by atoms with Crippen molar-refractivity contribution in [1.29, 1.82) is 0 Å². The normalized spacial score (nSPS) is 23.7. The lowest BCUT2D eigenvalue weighted by molar-refractivity contribution is -0.157. The molecule has 2 atom stereocenters. The van der Waals surface area contributed by atoms with E-state index in [0.717, 1.165) is 28.6 Å². The molecular weight excluding hydrogens is 294 g/mol. The van der Waals surface area contributed by atoms with E-state index in [4.69, 9.17) is 9.47 Å². The van der Waals surface area contributed by atoms with Crippen LogP contribution in [0.5, 0.6) is 0 Å². The minimum Gasteiger partial charge on any atom is -0.469 e. The fourth-order valence-corrected chi connectivity index (χ4v) is 3.54. The molecule has 2 heterocycles. The van der Waals surface area contributed by atoms with Gasteiger partial charge in [0.25, 0.3) is 0 Å². The minimum atomic E-state index is -0.772. The van der Waals surface area contributed by atoms with Gasteiger partial charge in [0, 0.05) is 16.5 Å². The molecule has 5 nitrogen and oxygen atoms in total. The number of H-pyrrole nitrogens is 1. The van der Waals surface area contributed by atoms with Gasteiger partial charge in [0.1, 0.15) is 11.7 Å². The Morgan fingerprint density at radius 1 is 1.48 bits per heavy atom. The van der Waals surface area contributed by atoms with Gasteiger partial charge in [-0.3, -0.25) is 4.79 Å². The Morgan fingerprint density at radius 2 is 2.26 bits per heavy atom. The number of para-hydroxylation sites is 1. The molecule has 1 aromatic heterocycles. The first-order valence-electron chi connectivity index (χ1n) is 8.09. The summed E-state index contributed by atoms with van der Waals surface area (Å²) in [5.41, 5.74) is 3.10. The van der Waals surface area contributed by atoms with Crippen molar-refractivity contribution in [1.82, 2.24) is 4.98 Å². The largest absolute Gasteiger partial charge is 0.469 e. The molecule has 2 N–H and O–H groups in total. The molecule has 1 aliphatic heterocycles. The smallest absolute Gasteiger partial charge is 0.308 e. The van der Waals surface area contributed by atoms with E-state index >= 15 is 0 Å². The molecule has 2 aromatic rings. The van der Waals surface area contributed by atoms with Gasteiger partial charge in [-0.1, -0.05) is 32.0 Å². The number of aryl methyl sites for hydroxylation is 1. The summed E-state index contributed by atoms with van der Waals surface area (Å²) >= 11 is 0. The van der Waals surface area contributed by atoms with Crippen LogP contribution in [0.4, 0.5) is 0 Å². The number of hydrogen-bond acceptors (Lipinski definition) is 4. The van der Waals surface area contributed by atoms with E-state index in [1.807, 2.05) is 19.1 Å². The van der Waals surface area contributed by atoms with E-state index in [0.29, 0.717) is 6.42 Å². The zero-order valence-electron chi connectivity index (χ0n) is 13.8. The quantitative estimate of drug-likeness (QED) is 0.851. The number of fused-ring (bicyclic) bond motifs is 3. The van der Waals surface area contributed by atoms with Crippen LogP contribution in [0.1, 0.15) is 49.6 Å². The molecule has 5 heteroatoms. The maximum Gasteiger partial charge on any atom is 0.308 e. The maximum absolute atomic E-state index is 11.9. The summed E-state index contributed by atoms with van der Waals surface area (Å²) < 4.78 is 10.8. The predicted molar refractivity (Wildman–Crippen MR) is 87.2 cm³/mol. The number of aromatic amines is 1. The molecule has 0 spiro atoms. The second-order valence-electron chi connectivity index (χ2n) is 6.03. The fourth-order valence-electron chi connectivity index (χ4n) is 3.54. The van der Waals surface area contributed by atoms with Crippen molar-refractivity contribution in [2.75, 3.05) is 13.7 Å². The number of aliphatic hydroxyl groups excluding tert-OH is 1. The van der Waals surface area contributed by atoms with E-state index in [2.05, 4.69) is 18.0 Å². The van der Waals surface area contributed by atoms with Crippen molar-refractivity contribution in [2.24, 2.45) is 0 Å². The van der Waals surface area contributed by atoms with E-state index < -0.39 is 11.7 Å². The number of methoxy groups -OCH3 is 1. The number of aromatic nitrogens is 1. The third kappa shape index (κ3) is 2.44. The first-order chi connectivity index (χ1) is 11.1. The van der Waals surface area contributed by atoms with Crippen LogP contribution in [0.25, 0.3) is 10.9 Å². The van der Waals surface area contributed by atoms with Crippen LogP contribution in [-0.2, 0) is 26.3 Å². The van der Waals surface area contributed by atoms with Gasteiger partial charge in [0.15, 0.2) is 0 Å². The van der Waals surface area contributed by atoms with Crippen molar-refractivity contribution >= 4 is 16.9 Å². The lowest BCUT2D eigenvalue weighted by atomic mass is 9.85. The summed E-state index contributed by atoms with van der Waals surface area (Å²) in [6.07, 6.45) is 0.955. The van der Waals surface area contributed by atoms with Gasteiger partial charge in [-0.05, 0) is 18.4 Å². The topological polar surface area (TPSA) is 71.6 Å². The second kappa shape index (κ2) is 5.98. The minimum absolute atomic E-state index is 0.133. The number of benzene rings is 1. The van der Waals surface area contributed by atoms with Crippen LogP contribution >= 0.6 is 0 Å². The number of ether oxygens (including phenoxy) is 2. The average Bonchev–Trinajstić information content (AvgIpc) is 2.98. The molecule has 2 unspecified atom stereocenters. The molecular formula is C18H23NO4. The summed E-state index contributed by atoms with van der Waals surface area (Å²) in [5.74, 6) is -0.316. The summed E-state index contributed by atoms with van der Waals surface area (Å²) in [6, 6.07) is 6.09. The summed E-state index contributed by atoms with van der Waals surface area (Å²) in [7, 11) is 1.38. The van der Waals surface area contributed by atoms with Crippen LogP contribution in [0.15, 0.2) is 18.2 Å². The first kappa shape index (κ1) is 16.0. The zero-order valence-corrected chi connectivity index (χ0v) is 13.8. The van der Waals surface area contributed by atoms with Crippen molar-refractivity contribution < 1.29 is 19.4 Å². The zero-order chi connectivity index (χ0) is 16.6. The average molecular weight is 317 g/mol. The van der Waals surface area contributed by atoms with E-state index in [1.165, 1.54) is 12.7 Å². The van der Waals surface area contributed by atoms with Crippen LogP contribution in [0.3, 0.4) is 0 Å². The van der Waals surface area contributed by atoms with Crippen LogP contribution in [0.2, 0.25) is 0 Å². The number of aliphatic hydroxyl groups is 1. The highest BCUT2D eigenvalue weighted by Gasteiger charge is 2.44. The van der Waals surface area contributed by atoms with Gasteiger partial charge in [-0.2, -0.15) is 0 Å². The summed E-state index contributed by atoms with van der Waals surface area (Å²) in [5, 5.41) is 11.5. The molecule has 23 heavy (non-hydrogen) atoms. The molecule has 0 radical (unpaired) electrons. The summed E-state index contributed by atoms with van der Waals surface area (Å²) in [6.45, 7) is 4.26. The van der Waals surface area contributed by atoms with Crippen LogP contribution < -0.4 is 0 Å². The lowest BCUT2D eigenvalue weighted by Gasteiger charge is -2.37. The number of carbonyl (C=O) groups excluding carboxylic acids is 1. The molecule has 1 aliphatic rings. The number of rotatable bonds is 4.